The molecule has 19 heavy (non-hydrogen) atoms. The Balaban J connectivity index is 2.38. The van der Waals surface area contributed by atoms with Gasteiger partial charge in [0.15, 0.2) is 0 Å². The monoisotopic (exact) mass is 245 g/mol. The van der Waals surface area contributed by atoms with Crippen molar-refractivity contribution >= 4 is 33.6 Å². The maximum absolute atomic E-state index is 5.08. The lowest BCUT2D eigenvalue weighted by atomic mass is 9.88. The van der Waals surface area contributed by atoms with Crippen LogP contribution >= 0.6 is 0 Å². The van der Waals surface area contributed by atoms with E-state index >= 15 is 0 Å². The zero-order valence-corrected chi connectivity index (χ0v) is 10.7. The molecular formula is C18H13O+. The van der Waals surface area contributed by atoms with Gasteiger partial charge in [-0.05, 0) is 39.8 Å². The van der Waals surface area contributed by atoms with Gasteiger partial charge in [-0.1, -0.05) is 42.5 Å². The van der Waals surface area contributed by atoms with Gasteiger partial charge in [-0.25, -0.2) is 4.42 Å². The summed E-state index contributed by atoms with van der Waals surface area (Å²) in [5.41, 5.74) is 2.72. The van der Waals surface area contributed by atoms with E-state index < -0.39 is 0 Å². The smallest absolute Gasteiger partial charge is 0.207 e. The van der Waals surface area contributed by atoms with Gasteiger partial charge in [-0.2, -0.15) is 0 Å². The second-order valence-electron chi connectivity index (χ2n) is 4.93. The topological polar surface area (TPSA) is 11.3 Å². The molecule has 0 spiro atoms. The van der Waals surface area contributed by atoms with Gasteiger partial charge in [-0.15, -0.1) is 0 Å². The third-order valence-corrected chi connectivity index (χ3v) is 3.88. The summed E-state index contributed by atoms with van der Waals surface area (Å²) < 4.78 is 5.08. The molecule has 0 amide bonds. The first-order valence-electron chi connectivity index (χ1n) is 6.48. The zero-order chi connectivity index (χ0) is 12.8. The fourth-order valence-corrected chi connectivity index (χ4v) is 3.07. The van der Waals surface area contributed by atoms with Crippen molar-refractivity contribution in [2.24, 2.45) is 0 Å². The molecule has 1 heteroatoms. The summed E-state index contributed by atoms with van der Waals surface area (Å²) in [4.78, 5) is 0. The molecule has 0 heterocycles. The van der Waals surface area contributed by atoms with Gasteiger partial charge in [0.2, 0.25) is 0 Å². The van der Waals surface area contributed by atoms with Gasteiger partial charge >= 0.3 is 5.94 Å². The van der Waals surface area contributed by atoms with Crippen molar-refractivity contribution in [1.29, 1.82) is 0 Å². The van der Waals surface area contributed by atoms with Crippen LogP contribution in [0.25, 0.3) is 27.6 Å². The van der Waals surface area contributed by atoms with Gasteiger partial charge in [0.05, 0.1) is 0 Å². The number of allylic oxidation sites excluding steroid dienone is 1. The van der Waals surface area contributed by atoms with Crippen LogP contribution in [0.4, 0.5) is 0 Å². The van der Waals surface area contributed by atoms with Crippen LogP contribution in [-0.2, 0) is 10.8 Å². The lowest BCUT2D eigenvalue weighted by molar-refractivity contribution is 0.189. The van der Waals surface area contributed by atoms with Crippen molar-refractivity contribution in [3.05, 3.63) is 58.8 Å². The maximum atomic E-state index is 5.08. The molecule has 0 saturated heterocycles. The first kappa shape index (κ1) is 10.5. The van der Waals surface area contributed by atoms with Gasteiger partial charge in [0.25, 0.3) is 7.11 Å². The third kappa shape index (κ3) is 1.39. The molecule has 1 aliphatic carbocycles. The molecule has 1 aliphatic rings. The van der Waals surface area contributed by atoms with Crippen molar-refractivity contribution < 1.29 is 4.42 Å². The van der Waals surface area contributed by atoms with Crippen LogP contribution in [0.2, 0.25) is 0 Å². The summed E-state index contributed by atoms with van der Waals surface area (Å²) in [6.45, 7) is 0. The standard InChI is InChI=1S/C18H13O/c1-19-11-15-8-7-14-6-5-12-3-2-4-13-9-10-16(15)18(14)17(12)13/h2-3,5-10H,4H2,1H3/q+1. The Kier molecular flexibility index (Phi) is 2.11. The zero-order valence-electron chi connectivity index (χ0n) is 10.7. The summed E-state index contributed by atoms with van der Waals surface area (Å²) in [7, 11) is 1.64. The average Bonchev–Trinajstić information content (AvgIpc) is 2.46. The van der Waals surface area contributed by atoms with E-state index in [2.05, 4.69) is 54.5 Å². The molecule has 0 unspecified atom stereocenters. The molecule has 3 aromatic rings. The van der Waals surface area contributed by atoms with Crippen LogP contribution in [0.1, 0.15) is 11.1 Å². The SMILES string of the molecule is C[O+]=C=c1ccc2ccc3c4c(ccc1c24)CC=C3. The second-order valence-corrected chi connectivity index (χ2v) is 4.93. The van der Waals surface area contributed by atoms with Gasteiger partial charge in [-0.3, -0.25) is 0 Å². The molecule has 0 atom stereocenters. The summed E-state index contributed by atoms with van der Waals surface area (Å²) in [6.07, 6.45) is 5.47. The van der Waals surface area contributed by atoms with Crippen LogP contribution in [0.3, 0.4) is 0 Å². The molecule has 90 valence electrons. The minimum Gasteiger partial charge on any atom is -0.207 e. The molecule has 0 N–H and O–H groups in total. The largest absolute Gasteiger partial charge is 0.352 e. The molecular weight excluding hydrogens is 232 g/mol. The van der Waals surface area contributed by atoms with Crippen LogP contribution in [-0.4, -0.2) is 13.1 Å². The van der Waals surface area contributed by atoms with E-state index in [0.717, 1.165) is 11.6 Å². The summed E-state index contributed by atoms with van der Waals surface area (Å²) >= 11 is 0. The molecule has 4 rings (SSSR count). The summed E-state index contributed by atoms with van der Waals surface area (Å²) in [5, 5.41) is 6.25. The average molecular weight is 245 g/mol. The summed E-state index contributed by atoms with van der Waals surface area (Å²) in [5.74, 6) is 2.97. The van der Waals surface area contributed by atoms with Crippen LogP contribution in [0.15, 0.2) is 42.5 Å². The fourth-order valence-electron chi connectivity index (χ4n) is 3.07. The number of benzene rings is 3. The number of hydrogen-bond donors (Lipinski definition) is 0. The van der Waals surface area contributed by atoms with E-state index in [1.807, 2.05) is 0 Å². The van der Waals surface area contributed by atoms with E-state index in [-0.39, 0.29) is 0 Å². The highest BCUT2D eigenvalue weighted by atomic mass is 16.3. The minimum atomic E-state index is 1.02. The van der Waals surface area contributed by atoms with Crippen LogP contribution in [0.5, 0.6) is 0 Å². The number of hydrogen-bond acceptors (Lipinski definition) is 0. The molecule has 0 fully saturated rings. The maximum Gasteiger partial charge on any atom is 0.352 e. The van der Waals surface area contributed by atoms with Crippen molar-refractivity contribution in [2.75, 3.05) is 7.11 Å². The highest BCUT2D eigenvalue weighted by molar-refractivity contribution is 6.15. The molecule has 0 aromatic heterocycles. The molecule has 3 aromatic carbocycles. The van der Waals surface area contributed by atoms with E-state index in [1.54, 1.807) is 7.11 Å². The molecule has 1 nitrogen and oxygen atoms in total. The molecule has 0 saturated carbocycles. The highest BCUT2D eigenvalue weighted by Crippen LogP contribution is 2.33. The molecule has 0 aliphatic heterocycles. The number of rotatable bonds is 0. The quantitative estimate of drug-likeness (QED) is 0.539. The van der Waals surface area contributed by atoms with E-state index in [9.17, 15) is 0 Å². The van der Waals surface area contributed by atoms with Crippen molar-refractivity contribution in [3.63, 3.8) is 0 Å². The number of carbonyl (C=O) groups excluding carboxylic acids is 1. The highest BCUT2D eigenvalue weighted by Gasteiger charge is 2.13. The van der Waals surface area contributed by atoms with Crippen molar-refractivity contribution in [2.45, 2.75) is 6.42 Å². The Bertz CT molecular complexity index is 925. The fraction of sp³-hybridized carbons (Fsp3) is 0.111. The lowest BCUT2D eigenvalue weighted by Gasteiger charge is -2.15. The molecule has 0 radical (unpaired) electrons. The Labute approximate surface area is 111 Å². The second kappa shape index (κ2) is 3.81. The van der Waals surface area contributed by atoms with Crippen molar-refractivity contribution in [3.8, 4) is 0 Å². The Morgan fingerprint density at radius 1 is 1.00 bits per heavy atom. The van der Waals surface area contributed by atoms with E-state index in [0.29, 0.717) is 0 Å². The van der Waals surface area contributed by atoms with Crippen LogP contribution in [0, 0.1) is 0 Å². The van der Waals surface area contributed by atoms with Gasteiger partial charge in [0, 0.05) is 5.39 Å². The van der Waals surface area contributed by atoms with Crippen molar-refractivity contribution in [1.82, 2.24) is 0 Å². The normalized spacial score (nSPS) is 12.9. The Hall–Kier alpha value is -2.37. The van der Waals surface area contributed by atoms with Crippen LogP contribution < -0.4 is 5.22 Å². The van der Waals surface area contributed by atoms with E-state index in [4.69, 9.17) is 4.42 Å². The predicted molar refractivity (Wildman–Crippen MR) is 80.1 cm³/mol. The Morgan fingerprint density at radius 2 is 1.89 bits per heavy atom. The third-order valence-electron chi connectivity index (χ3n) is 3.88. The van der Waals surface area contributed by atoms with Gasteiger partial charge < -0.3 is 0 Å². The minimum absolute atomic E-state index is 1.02. The first-order valence-corrected chi connectivity index (χ1v) is 6.48. The molecule has 0 bridgehead atoms. The Morgan fingerprint density at radius 3 is 2.79 bits per heavy atom. The lowest BCUT2D eigenvalue weighted by Crippen LogP contribution is -2.06. The summed E-state index contributed by atoms with van der Waals surface area (Å²) in [6, 6.07) is 13.0. The van der Waals surface area contributed by atoms with Gasteiger partial charge in [0.1, 0.15) is 5.22 Å². The first-order chi connectivity index (χ1) is 9.38. The van der Waals surface area contributed by atoms with E-state index in [1.165, 1.54) is 32.7 Å². The predicted octanol–water partition coefficient (Wildman–Crippen LogP) is 2.95.